The molecular weight excluding hydrogens is 1800 g/mol. The van der Waals surface area contributed by atoms with E-state index in [0.29, 0.717) is 12.1 Å². The van der Waals surface area contributed by atoms with Crippen LogP contribution in [0.1, 0.15) is 0 Å². The topological polar surface area (TPSA) is 702 Å². The molecule has 0 saturated heterocycles. The Kier molecular flexibility index (Phi) is 31.1. The molecule has 2 heterocycles. The SMILES string of the molecule is O=S(=O)(O)c1cc(Nc2nc(Nc3cccc(S(=O)(=O)N(CCO)CCO)c3)nc(Nc3cccc(S(=O)(=O)N(CCO)CCO)c3)n2)ccc1Nc1ccc(-c2ccc(Nc3ccc(Nc4nc(Nc5cccc(S(=O)(=O)N(CCO)CCO)c5)nc(Nc5cccc(S(=O)(=O)N(CCO)CCO)c5)n4)cc3S(=O)(=O)O)cc2S(=O)(=O)O)c(S(=O)(=O)O)c1. The lowest BCUT2D eigenvalue weighted by molar-refractivity contribution is 0.217. The highest BCUT2D eigenvalue weighted by molar-refractivity contribution is 7.90. The molecule has 46 nitrogen and oxygen atoms in total. The van der Waals surface area contributed by atoms with Gasteiger partial charge in [0.2, 0.25) is 75.8 Å². The Morgan fingerprint density at radius 1 is 0.226 bits per heavy atom. The number of nitrogens with one attached hydrogen (secondary N) is 8. The summed E-state index contributed by atoms with van der Waals surface area (Å²) in [6, 6.07) is 31.9. The summed E-state index contributed by atoms with van der Waals surface area (Å²) in [6.45, 7) is -7.77. The van der Waals surface area contributed by atoms with E-state index >= 15 is 0 Å². The van der Waals surface area contributed by atoms with E-state index in [1.807, 2.05) is 0 Å². The molecule has 10 aromatic rings. The second-order valence-corrected chi connectivity index (χ2v) is 39.2. The third-order valence-corrected chi connectivity index (χ3v) is 28.5. The summed E-state index contributed by atoms with van der Waals surface area (Å²) in [5, 5.41) is 98.7. The van der Waals surface area contributed by atoms with E-state index in [-0.39, 0.29) is 141 Å². The Hall–Kier alpha value is -10.9. The normalized spacial score (nSPS) is 12.5. The first-order valence-electron chi connectivity index (χ1n) is 36.0. The maximum atomic E-state index is 13.7. The number of aromatic nitrogens is 6. The predicted molar refractivity (Wildman–Crippen MR) is 447 cm³/mol. The summed E-state index contributed by atoms with van der Waals surface area (Å²) >= 11 is 0. The van der Waals surface area contributed by atoms with Gasteiger partial charge in [0.05, 0.1) is 83.8 Å². The fraction of sp³-hybridized carbons (Fsp3) is 0.229. The minimum absolute atomic E-state index is 0.0198. The van der Waals surface area contributed by atoms with Crippen LogP contribution in [-0.2, 0) is 80.6 Å². The van der Waals surface area contributed by atoms with E-state index in [1.165, 1.54) is 84.9 Å². The van der Waals surface area contributed by atoms with Crippen molar-refractivity contribution in [2.75, 3.05) is 148 Å². The van der Waals surface area contributed by atoms with Crippen molar-refractivity contribution < 1.29 is 126 Å². The number of sulfonamides is 4. The van der Waals surface area contributed by atoms with Crippen molar-refractivity contribution in [1.82, 2.24) is 47.1 Å². The smallest absolute Gasteiger partial charge is 0.296 e. The van der Waals surface area contributed by atoms with Crippen molar-refractivity contribution in [2.45, 2.75) is 39.2 Å². The molecule has 10 rings (SSSR count). The van der Waals surface area contributed by atoms with Crippen molar-refractivity contribution in [3.63, 3.8) is 0 Å². The molecule has 0 saturated carbocycles. The summed E-state index contributed by atoms with van der Waals surface area (Å²) in [5.41, 5.74) is -3.43. The minimum Gasteiger partial charge on any atom is -0.395 e. The van der Waals surface area contributed by atoms with E-state index in [2.05, 4.69) is 72.4 Å². The van der Waals surface area contributed by atoms with Crippen LogP contribution in [-0.4, -0.2) is 279 Å². The van der Waals surface area contributed by atoms with Crippen LogP contribution in [0.4, 0.5) is 92.6 Å². The van der Waals surface area contributed by atoms with Gasteiger partial charge in [-0.3, -0.25) is 18.2 Å². The van der Waals surface area contributed by atoms with Crippen LogP contribution in [0, 0.1) is 0 Å². The molecule has 124 heavy (non-hydrogen) atoms. The predicted octanol–water partition coefficient (Wildman–Crippen LogP) is 2.56. The summed E-state index contributed by atoms with van der Waals surface area (Å²) in [5.74, 6) is -2.37. The lowest BCUT2D eigenvalue weighted by atomic mass is 10.0. The Bertz CT molecular complexity index is 5930. The van der Waals surface area contributed by atoms with Crippen LogP contribution in [0.15, 0.2) is 209 Å². The summed E-state index contributed by atoms with van der Waals surface area (Å²) in [4.78, 5) is 20.7. The van der Waals surface area contributed by atoms with Crippen LogP contribution in [0.2, 0.25) is 0 Å². The molecule has 0 amide bonds. The monoisotopic (exact) mass is 1880 g/mol. The van der Waals surface area contributed by atoms with E-state index in [9.17, 15) is 126 Å². The molecule has 0 aliphatic carbocycles. The third-order valence-electron chi connectivity index (χ3n) is 17.4. The highest BCUT2D eigenvalue weighted by atomic mass is 32.2. The number of rotatable bonds is 45. The van der Waals surface area contributed by atoms with Crippen LogP contribution < -0.4 is 42.5 Å². The molecule has 0 radical (unpaired) electrons. The van der Waals surface area contributed by atoms with Crippen molar-refractivity contribution >= 4 is 173 Å². The van der Waals surface area contributed by atoms with Crippen LogP contribution >= 0.6 is 0 Å². The van der Waals surface area contributed by atoms with Gasteiger partial charge in [-0.2, -0.15) is 80.8 Å². The van der Waals surface area contributed by atoms with Crippen LogP contribution in [0.25, 0.3) is 11.1 Å². The highest BCUT2D eigenvalue weighted by Gasteiger charge is 2.32. The van der Waals surface area contributed by atoms with Crippen molar-refractivity contribution in [3.8, 4) is 11.1 Å². The fourth-order valence-corrected chi connectivity index (χ4v) is 20.6. The maximum absolute atomic E-state index is 13.7. The molecule has 666 valence electrons. The first-order valence-corrected chi connectivity index (χ1v) is 47.5. The second kappa shape index (κ2) is 40.4. The molecule has 0 spiro atoms. The van der Waals surface area contributed by atoms with Gasteiger partial charge in [0.1, 0.15) is 19.6 Å². The first kappa shape index (κ1) is 95.4. The van der Waals surface area contributed by atoms with Gasteiger partial charge in [-0.25, -0.2) is 33.7 Å². The number of aliphatic hydroxyl groups is 8. The van der Waals surface area contributed by atoms with Gasteiger partial charge in [-0.1, -0.05) is 36.4 Å². The molecule has 54 heteroatoms. The molecule has 0 aliphatic heterocycles. The van der Waals surface area contributed by atoms with E-state index in [4.69, 9.17) is 0 Å². The lowest BCUT2D eigenvalue weighted by Crippen LogP contribution is -2.35. The van der Waals surface area contributed by atoms with Gasteiger partial charge in [0.25, 0.3) is 40.5 Å². The standard InChI is InChI=1S/C70H80N18O28S8/c89-29-21-85(22-30-90)117(97,98)53-9-1-5-45(37-53)73-65-79-66(74-46-6-2-10-54(38-46)118(99,100)86(23-31-91)24-32-92)82-69(81-65)77-51-15-19-59(63(43-51)123(111,112)113)71-49-13-17-57(61(41-49)121(105,106)107)58-18-14-50(42-62(58)122(108,109)110)72-60-20-16-52(44-64(60)124(114,115)116)78-70-83-67(75-47-7-3-11-55(39-47)119(101,102)87(25-33-93)26-34-94)80-68(84-70)76-48-8-4-12-56(40-48)120(103,104)88(27-35-95)28-36-96/h1-20,37-44,71-72,89-96H,21-36H2,(H,105,106,107)(H,108,109,110)(H,111,112,113)(H,114,115,116)(H3,73,74,77,79,81,82)(H3,75,76,78,80,83,84). The molecular formula is C70H80N18O28S8. The molecule has 0 atom stereocenters. The van der Waals surface area contributed by atoms with Gasteiger partial charge in [-0.05, 0) is 133 Å². The molecule has 0 unspecified atom stereocenters. The Labute approximate surface area is 709 Å². The molecule has 20 N–H and O–H groups in total. The number of benzene rings is 8. The quantitative estimate of drug-likeness (QED) is 0.0244. The zero-order chi connectivity index (χ0) is 90.3. The Balaban J connectivity index is 0.951. The number of hydrogen-bond donors (Lipinski definition) is 20. The summed E-state index contributed by atoms with van der Waals surface area (Å²) in [6.07, 6.45) is 0. The first-order chi connectivity index (χ1) is 58.5. The van der Waals surface area contributed by atoms with E-state index in [0.717, 1.165) is 90.0 Å². The van der Waals surface area contributed by atoms with E-state index < -0.39 is 187 Å². The summed E-state index contributed by atoms with van der Waals surface area (Å²) in [7, 11) is -39.1. The zero-order valence-electron chi connectivity index (χ0n) is 64.1. The molecule has 2 aromatic heterocycles. The summed E-state index contributed by atoms with van der Waals surface area (Å²) < 4.78 is 262. The maximum Gasteiger partial charge on any atom is 0.296 e. The van der Waals surface area contributed by atoms with Gasteiger partial charge in [0.15, 0.2) is 0 Å². The largest absolute Gasteiger partial charge is 0.395 e. The van der Waals surface area contributed by atoms with Gasteiger partial charge in [0, 0.05) is 109 Å². The Morgan fingerprint density at radius 2 is 0.411 bits per heavy atom. The molecule has 0 fully saturated rings. The molecule has 0 aliphatic rings. The molecule has 8 aromatic carbocycles. The third kappa shape index (κ3) is 24.0. The van der Waals surface area contributed by atoms with Crippen LogP contribution in [0.5, 0.6) is 0 Å². The average Bonchev–Trinajstić information content (AvgIpc) is 0.760. The van der Waals surface area contributed by atoms with Crippen molar-refractivity contribution in [1.29, 1.82) is 0 Å². The lowest BCUT2D eigenvalue weighted by Gasteiger charge is -2.21. The zero-order valence-corrected chi connectivity index (χ0v) is 70.6. The molecule has 0 bridgehead atoms. The van der Waals surface area contributed by atoms with Crippen molar-refractivity contribution in [2.24, 2.45) is 0 Å². The minimum atomic E-state index is -5.50. The Morgan fingerprint density at radius 3 is 0.613 bits per heavy atom. The number of anilines is 16. The highest BCUT2D eigenvalue weighted by Crippen LogP contribution is 2.40. The van der Waals surface area contributed by atoms with Gasteiger partial charge in [-0.15, -0.1) is 0 Å². The van der Waals surface area contributed by atoms with Crippen LogP contribution in [0.3, 0.4) is 0 Å². The number of hydrogen-bond acceptors (Lipinski definition) is 38. The van der Waals surface area contributed by atoms with Gasteiger partial charge < -0.3 is 83.4 Å². The average molecular weight is 1880 g/mol. The fourth-order valence-electron chi connectivity index (χ4n) is 11.9. The number of nitrogens with zero attached hydrogens (tertiary/aromatic N) is 10. The van der Waals surface area contributed by atoms with Gasteiger partial charge >= 0.3 is 0 Å². The van der Waals surface area contributed by atoms with E-state index in [1.54, 1.807) is 0 Å². The second-order valence-electron chi connectivity index (χ2n) is 25.9. The van der Waals surface area contributed by atoms with Crippen molar-refractivity contribution in [3.05, 3.63) is 170 Å². The number of aliphatic hydroxyl groups excluding tert-OH is 8.